The van der Waals surface area contributed by atoms with Crippen molar-refractivity contribution < 1.29 is 28.8 Å². The number of hydrogen-bond acceptors (Lipinski definition) is 7. The number of hydrogen-bond donors (Lipinski definition) is 2. The summed E-state index contributed by atoms with van der Waals surface area (Å²) in [4.78, 5) is 59.9. The number of benzene rings is 2. The van der Waals surface area contributed by atoms with Gasteiger partial charge in [-0.05, 0) is 24.3 Å². The number of nitro groups is 1. The molecule has 11 nitrogen and oxygen atoms in total. The Morgan fingerprint density at radius 2 is 1.80 bits per heavy atom. The summed E-state index contributed by atoms with van der Waals surface area (Å²) in [6.07, 6.45) is 0. The maximum Gasteiger partial charge on any atom is 0.273 e. The van der Waals surface area contributed by atoms with Gasteiger partial charge in [0.2, 0.25) is 0 Å². The molecule has 0 atom stereocenters. The number of carbonyl (C=O) groups excluding carboxylic acids is 4. The largest absolute Gasteiger partial charge is 0.496 e. The van der Waals surface area contributed by atoms with Crippen LogP contribution < -0.4 is 15.6 Å². The summed E-state index contributed by atoms with van der Waals surface area (Å²) in [5.74, 6) is -3.01. The van der Waals surface area contributed by atoms with Gasteiger partial charge in [-0.2, -0.15) is 0 Å². The summed E-state index contributed by atoms with van der Waals surface area (Å²) in [7, 11) is 1.35. The van der Waals surface area contributed by atoms with E-state index in [1.54, 1.807) is 0 Å². The van der Waals surface area contributed by atoms with E-state index in [9.17, 15) is 29.3 Å². The van der Waals surface area contributed by atoms with Gasteiger partial charge in [0, 0.05) is 17.2 Å². The number of carbonyl (C=O) groups is 4. The van der Waals surface area contributed by atoms with E-state index in [-0.39, 0.29) is 33.1 Å². The van der Waals surface area contributed by atoms with Crippen molar-refractivity contribution in [2.45, 2.75) is 0 Å². The lowest BCUT2D eigenvalue weighted by Crippen LogP contribution is -2.47. The minimum absolute atomic E-state index is 0.0499. The van der Waals surface area contributed by atoms with Crippen molar-refractivity contribution in [3.8, 4) is 5.75 Å². The predicted molar refractivity (Wildman–Crippen MR) is 102 cm³/mol. The van der Waals surface area contributed by atoms with Crippen molar-refractivity contribution in [3.63, 3.8) is 0 Å². The van der Waals surface area contributed by atoms with Gasteiger partial charge in [-0.25, -0.2) is 0 Å². The molecule has 4 amide bonds. The summed E-state index contributed by atoms with van der Waals surface area (Å²) in [5, 5.41) is 11.1. The topological polar surface area (TPSA) is 148 Å². The fraction of sp³-hybridized carbons (Fsp3) is 0.111. The average molecular weight is 433 g/mol. The van der Waals surface area contributed by atoms with Gasteiger partial charge < -0.3 is 4.74 Å². The number of nitrogens with zero attached hydrogens (tertiary/aromatic N) is 2. The number of amides is 4. The molecular formula is C18H13ClN4O7. The lowest BCUT2D eigenvalue weighted by molar-refractivity contribution is -0.384. The fourth-order valence-electron chi connectivity index (χ4n) is 2.77. The molecule has 0 fully saturated rings. The van der Waals surface area contributed by atoms with Gasteiger partial charge in [-0.15, -0.1) is 0 Å². The molecule has 0 saturated heterocycles. The zero-order valence-corrected chi connectivity index (χ0v) is 16.1. The Morgan fingerprint density at radius 3 is 2.47 bits per heavy atom. The first-order chi connectivity index (χ1) is 14.2. The minimum atomic E-state index is -0.867. The Hall–Kier alpha value is -3.99. The highest BCUT2D eigenvalue weighted by Gasteiger charge is 2.37. The molecule has 30 heavy (non-hydrogen) atoms. The van der Waals surface area contributed by atoms with Gasteiger partial charge >= 0.3 is 0 Å². The minimum Gasteiger partial charge on any atom is -0.496 e. The number of non-ortho nitro benzene ring substituents is 1. The Labute approximate surface area is 173 Å². The third kappa shape index (κ3) is 3.91. The van der Waals surface area contributed by atoms with E-state index in [0.717, 1.165) is 18.2 Å². The van der Waals surface area contributed by atoms with Crippen molar-refractivity contribution >= 4 is 40.9 Å². The molecule has 1 heterocycles. The van der Waals surface area contributed by atoms with E-state index < -0.39 is 35.1 Å². The lowest BCUT2D eigenvalue weighted by atomic mass is 10.1. The molecule has 0 unspecified atom stereocenters. The smallest absolute Gasteiger partial charge is 0.273 e. The molecule has 2 aromatic carbocycles. The van der Waals surface area contributed by atoms with Crippen LogP contribution in [-0.4, -0.2) is 47.1 Å². The quantitative estimate of drug-likeness (QED) is 0.411. The zero-order chi connectivity index (χ0) is 22.0. The van der Waals surface area contributed by atoms with Gasteiger partial charge in [-0.3, -0.25) is 45.0 Å². The monoisotopic (exact) mass is 432 g/mol. The SMILES string of the molecule is COc1ccc(Cl)cc1C(=O)NNC(=O)CN1C(=O)c2ccc([N+](=O)[O-])cc2C1=O. The van der Waals surface area contributed by atoms with Crippen LogP contribution >= 0.6 is 11.6 Å². The molecule has 154 valence electrons. The molecule has 0 saturated carbocycles. The van der Waals surface area contributed by atoms with Gasteiger partial charge in [-0.1, -0.05) is 11.6 Å². The first-order valence-corrected chi connectivity index (χ1v) is 8.68. The molecule has 1 aliphatic heterocycles. The third-order valence-electron chi connectivity index (χ3n) is 4.19. The zero-order valence-electron chi connectivity index (χ0n) is 15.3. The second kappa shape index (κ2) is 8.17. The molecule has 0 radical (unpaired) electrons. The van der Waals surface area contributed by atoms with Crippen molar-refractivity contribution in [2.24, 2.45) is 0 Å². The highest BCUT2D eigenvalue weighted by atomic mass is 35.5. The van der Waals surface area contributed by atoms with E-state index in [0.29, 0.717) is 4.90 Å². The van der Waals surface area contributed by atoms with E-state index in [1.165, 1.54) is 25.3 Å². The van der Waals surface area contributed by atoms with Gasteiger partial charge in [0.25, 0.3) is 29.3 Å². The van der Waals surface area contributed by atoms with E-state index in [1.807, 2.05) is 0 Å². The number of ether oxygens (including phenoxy) is 1. The van der Waals surface area contributed by atoms with Crippen LogP contribution in [0.2, 0.25) is 5.02 Å². The lowest BCUT2D eigenvalue weighted by Gasteiger charge is -2.14. The summed E-state index contributed by atoms with van der Waals surface area (Å²) < 4.78 is 5.05. The molecule has 0 aliphatic carbocycles. The van der Waals surface area contributed by atoms with Gasteiger partial charge in [0.1, 0.15) is 12.3 Å². The van der Waals surface area contributed by atoms with Crippen LogP contribution in [0.5, 0.6) is 5.75 Å². The molecule has 1 aliphatic rings. The van der Waals surface area contributed by atoms with Crippen LogP contribution in [0.3, 0.4) is 0 Å². The van der Waals surface area contributed by atoms with Crippen molar-refractivity contribution in [3.05, 3.63) is 68.2 Å². The van der Waals surface area contributed by atoms with Crippen molar-refractivity contribution in [2.75, 3.05) is 13.7 Å². The summed E-state index contributed by atoms with van der Waals surface area (Å²) in [5.41, 5.74) is 3.69. The molecular weight excluding hydrogens is 420 g/mol. The predicted octanol–water partition coefficient (Wildman–Crippen LogP) is 1.31. The second-order valence-corrected chi connectivity index (χ2v) is 6.47. The molecule has 2 aromatic rings. The summed E-state index contributed by atoms with van der Waals surface area (Å²) >= 11 is 5.85. The number of fused-ring (bicyclic) bond motifs is 1. The van der Waals surface area contributed by atoms with Crippen LogP contribution in [0.25, 0.3) is 0 Å². The highest BCUT2D eigenvalue weighted by Crippen LogP contribution is 2.26. The highest BCUT2D eigenvalue weighted by molar-refractivity contribution is 6.31. The molecule has 12 heteroatoms. The number of hydrazine groups is 1. The van der Waals surface area contributed by atoms with E-state index in [2.05, 4.69) is 10.9 Å². The Morgan fingerprint density at radius 1 is 1.10 bits per heavy atom. The van der Waals surface area contributed by atoms with Crippen LogP contribution in [0.1, 0.15) is 31.1 Å². The van der Waals surface area contributed by atoms with E-state index >= 15 is 0 Å². The van der Waals surface area contributed by atoms with Crippen LogP contribution in [0, 0.1) is 10.1 Å². The van der Waals surface area contributed by atoms with Crippen molar-refractivity contribution in [1.82, 2.24) is 15.8 Å². The standard InChI is InChI=1S/C18H13ClN4O7/c1-30-14-5-2-9(19)6-13(14)16(25)21-20-15(24)8-22-17(26)11-4-3-10(23(28)29)7-12(11)18(22)27/h2-7H,8H2,1H3,(H,20,24)(H,21,25). The van der Waals surface area contributed by atoms with Crippen LogP contribution in [0.4, 0.5) is 5.69 Å². The Kier molecular flexibility index (Phi) is 5.65. The normalized spacial score (nSPS) is 12.4. The molecule has 0 aromatic heterocycles. The first-order valence-electron chi connectivity index (χ1n) is 8.30. The number of methoxy groups -OCH3 is 1. The number of imide groups is 1. The average Bonchev–Trinajstić information content (AvgIpc) is 2.96. The Balaban J connectivity index is 1.66. The number of nitro benzene ring substituents is 1. The van der Waals surface area contributed by atoms with Crippen LogP contribution in [0.15, 0.2) is 36.4 Å². The molecule has 0 bridgehead atoms. The molecule has 3 rings (SSSR count). The van der Waals surface area contributed by atoms with Crippen molar-refractivity contribution in [1.29, 1.82) is 0 Å². The van der Waals surface area contributed by atoms with Gasteiger partial charge in [0.15, 0.2) is 0 Å². The van der Waals surface area contributed by atoms with E-state index in [4.69, 9.17) is 16.3 Å². The number of nitrogens with one attached hydrogen (secondary N) is 2. The maximum absolute atomic E-state index is 12.4. The second-order valence-electron chi connectivity index (χ2n) is 6.03. The molecule has 2 N–H and O–H groups in total. The van der Waals surface area contributed by atoms with Crippen LogP contribution in [-0.2, 0) is 4.79 Å². The summed E-state index contributed by atoms with van der Waals surface area (Å²) in [6.45, 7) is -0.701. The Bertz CT molecular complexity index is 1100. The number of halogens is 1. The third-order valence-corrected chi connectivity index (χ3v) is 4.42. The fourth-order valence-corrected chi connectivity index (χ4v) is 2.94. The maximum atomic E-state index is 12.4. The first kappa shape index (κ1) is 20.7. The molecule has 0 spiro atoms. The number of rotatable bonds is 5. The van der Waals surface area contributed by atoms with Gasteiger partial charge in [0.05, 0.1) is 28.7 Å². The summed E-state index contributed by atoms with van der Waals surface area (Å²) in [6, 6.07) is 7.53.